The first-order chi connectivity index (χ1) is 13.7. The van der Waals surface area contributed by atoms with Gasteiger partial charge in [-0.05, 0) is 43.8 Å². The van der Waals surface area contributed by atoms with Crippen LogP contribution in [-0.2, 0) is 4.74 Å². The van der Waals surface area contributed by atoms with Crippen molar-refractivity contribution in [2.24, 2.45) is 4.99 Å². The molecule has 8 heteroatoms. The lowest BCUT2D eigenvalue weighted by Gasteiger charge is -2.35. The first-order valence-electron chi connectivity index (χ1n) is 10.4. The number of ether oxygens (including phenoxy) is 1. The molecule has 6 nitrogen and oxygen atoms in total. The van der Waals surface area contributed by atoms with E-state index >= 15 is 0 Å². The minimum Gasteiger partial charge on any atom is -0.379 e. The van der Waals surface area contributed by atoms with Crippen molar-refractivity contribution in [2.75, 3.05) is 66.1 Å². The maximum absolute atomic E-state index is 13.4. The molecule has 1 fully saturated rings. The van der Waals surface area contributed by atoms with Crippen LogP contribution in [0.15, 0.2) is 29.3 Å². The number of halogens is 2. The number of rotatable bonds is 10. The van der Waals surface area contributed by atoms with Crippen molar-refractivity contribution in [3.05, 3.63) is 35.6 Å². The second kappa shape index (κ2) is 14.9. The maximum Gasteiger partial charge on any atom is 0.191 e. The molecule has 0 spiro atoms. The number of hydrogen-bond donors (Lipinski definition) is 2. The molecule has 2 rings (SSSR count). The number of nitrogens with one attached hydrogen (secondary N) is 2. The van der Waals surface area contributed by atoms with Gasteiger partial charge < -0.3 is 20.3 Å². The zero-order valence-electron chi connectivity index (χ0n) is 18.0. The van der Waals surface area contributed by atoms with Gasteiger partial charge in [0.25, 0.3) is 0 Å². The summed E-state index contributed by atoms with van der Waals surface area (Å²) in [5.74, 6) is 0.600. The van der Waals surface area contributed by atoms with E-state index in [1.807, 2.05) is 12.1 Å². The fourth-order valence-electron chi connectivity index (χ4n) is 3.50. The predicted molar refractivity (Wildman–Crippen MR) is 129 cm³/mol. The Labute approximate surface area is 192 Å². The number of hydrogen-bond acceptors (Lipinski definition) is 4. The molecule has 0 amide bonds. The summed E-state index contributed by atoms with van der Waals surface area (Å²) in [6.45, 7) is 12.5. The normalized spacial score (nSPS) is 16.4. The minimum absolute atomic E-state index is 0. The topological polar surface area (TPSA) is 52.1 Å². The summed E-state index contributed by atoms with van der Waals surface area (Å²) in [6, 6.07) is 6.96. The highest BCUT2D eigenvalue weighted by molar-refractivity contribution is 14.0. The Hall–Kier alpha value is -0.970. The fourth-order valence-corrected chi connectivity index (χ4v) is 3.50. The Balaban J connectivity index is 0.00000420. The van der Waals surface area contributed by atoms with Crippen molar-refractivity contribution in [1.29, 1.82) is 0 Å². The molecule has 1 unspecified atom stereocenters. The summed E-state index contributed by atoms with van der Waals surface area (Å²) in [5.41, 5.74) is 1.10. The first kappa shape index (κ1) is 26.1. The summed E-state index contributed by atoms with van der Waals surface area (Å²) < 4.78 is 18.9. The van der Waals surface area contributed by atoms with E-state index in [0.29, 0.717) is 6.54 Å². The standard InChI is InChI=1S/C21H36FN5O.HI/c1-4-26(5-2)12-6-11-24-21(23-3)25-17-20(27-13-15-28-16-14-27)18-7-9-19(22)10-8-18;/h7-10,20H,4-6,11-17H2,1-3H3,(H2,23,24,25);1H. The third-order valence-electron chi connectivity index (χ3n) is 5.27. The molecular weight excluding hydrogens is 484 g/mol. The third kappa shape index (κ3) is 9.15. The van der Waals surface area contributed by atoms with E-state index in [9.17, 15) is 4.39 Å². The molecule has 1 aliphatic rings. The van der Waals surface area contributed by atoms with Crippen molar-refractivity contribution in [1.82, 2.24) is 20.4 Å². The molecular formula is C21H37FIN5O. The number of aliphatic imine (C=N–C) groups is 1. The molecule has 1 heterocycles. The SMILES string of the molecule is CCN(CC)CCCNC(=NC)NCC(c1ccc(F)cc1)N1CCOCC1.I. The van der Waals surface area contributed by atoms with E-state index in [1.165, 1.54) is 12.1 Å². The highest BCUT2D eigenvalue weighted by Crippen LogP contribution is 2.21. The van der Waals surface area contributed by atoms with Crippen LogP contribution >= 0.6 is 24.0 Å². The van der Waals surface area contributed by atoms with Crippen LogP contribution in [0.3, 0.4) is 0 Å². The first-order valence-corrected chi connectivity index (χ1v) is 10.4. The monoisotopic (exact) mass is 521 g/mol. The van der Waals surface area contributed by atoms with Crippen molar-refractivity contribution >= 4 is 29.9 Å². The Morgan fingerprint density at radius 2 is 1.83 bits per heavy atom. The number of nitrogens with zero attached hydrogens (tertiary/aromatic N) is 3. The lowest BCUT2D eigenvalue weighted by atomic mass is 10.0. The van der Waals surface area contributed by atoms with Crippen LogP contribution in [0.2, 0.25) is 0 Å². The number of morpholine rings is 1. The van der Waals surface area contributed by atoms with E-state index in [2.05, 4.69) is 39.3 Å². The molecule has 0 bridgehead atoms. The van der Waals surface area contributed by atoms with Crippen molar-refractivity contribution in [3.63, 3.8) is 0 Å². The smallest absolute Gasteiger partial charge is 0.191 e. The Morgan fingerprint density at radius 1 is 1.17 bits per heavy atom. The zero-order chi connectivity index (χ0) is 20.2. The second-order valence-electron chi connectivity index (χ2n) is 6.98. The summed E-state index contributed by atoms with van der Waals surface area (Å²) >= 11 is 0. The van der Waals surface area contributed by atoms with Gasteiger partial charge in [-0.15, -0.1) is 24.0 Å². The van der Waals surface area contributed by atoms with Gasteiger partial charge in [-0.1, -0.05) is 26.0 Å². The van der Waals surface area contributed by atoms with Gasteiger partial charge in [-0.2, -0.15) is 0 Å². The fraction of sp³-hybridized carbons (Fsp3) is 0.667. The van der Waals surface area contributed by atoms with E-state index in [-0.39, 0.29) is 35.8 Å². The summed E-state index contributed by atoms with van der Waals surface area (Å²) in [7, 11) is 1.79. The largest absolute Gasteiger partial charge is 0.379 e. The zero-order valence-corrected chi connectivity index (χ0v) is 20.3. The molecule has 1 aromatic rings. The molecule has 1 atom stereocenters. The molecule has 2 N–H and O–H groups in total. The van der Waals surface area contributed by atoms with E-state index in [0.717, 1.165) is 70.4 Å². The molecule has 1 aromatic carbocycles. The van der Waals surface area contributed by atoms with Crippen LogP contribution in [0.4, 0.5) is 4.39 Å². The number of benzene rings is 1. The van der Waals surface area contributed by atoms with Gasteiger partial charge in [-0.25, -0.2) is 4.39 Å². The average molecular weight is 521 g/mol. The van der Waals surface area contributed by atoms with Crippen molar-refractivity contribution in [2.45, 2.75) is 26.3 Å². The Morgan fingerprint density at radius 3 is 2.41 bits per heavy atom. The molecule has 1 saturated heterocycles. The van der Waals surface area contributed by atoms with E-state index in [1.54, 1.807) is 7.05 Å². The van der Waals surface area contributed by atoms with Crippen LogP contribution in [-0.4, -0.2) is 81.8 Å². The summed E-state index contributed by atoms with van der Waals surface area (Å²) in [5, 5.41) is 6.85. The van der Waals surface area contributed by atoms with Crippen LogP contribution in [0.25, 0.3) is 0 Å². The van der Waals surface area contributed by atoms with Gasteiger partial charge in [0, 0.05) is 33.2 Å². The number of guanidine groups is 1. The minimum atomic E-state index is -0.205. The summed E-state index contributed by atoms with van der Waals surface area (Å²) in [4.78, 5) is 9.15. The molecule has 0 radical (unpaired) electrons. The van der Waals surface area contributed by atoms with E-state index < -0.39 is 0 Å². The van der Waals surface area contributed by atoms with Crippen LogP contribution in [0.5, 0.6) is 0 Å². The van der Waals surface area contributed by atoms with Crippen molar-refractivity contribution in [3.8, 4) is 0 Å². The Kier molecular flexibility index (Phi) is 13.4. The van der Waals surface area contributed by atoms with E-state index in [4.69, 9.17) is 4.74 Å². The van der Waals surface area contributed by atoms with Gasteiger partial charge >= 0.3 is 0 Å². The van der Waals surface area contributed by atoms with Gasteiger partial charge in [0.05, 0.1) is 19.3 Å². The lowest BCUT2D eigenvalue weighted by molar-refractivity contribution is 0.0170. The van der Waals surface area contributed by atoms with Gasteiger partial charge in [-0.3, -0.25) is 9.89 Å². The highest BCUT2D eigenvalue weighted by atomic mass is 127. The van der Waals surface area contributed by atoms with Gasteiger partial charge in [0.1, 0.15) is 5.82 Å². The van der Waals surface area contributed by atoms with Crippen LogP contribution in [0.1, 0.15) is 31.9 Å². The molecule has 0 aliphatic carbocycles. The maximum atomic E-state index is 13.4. The molecule has 29 heavy (non-hydrogen) atoms. The highest BCUT2D eigenvalue weighted by Gasteiger charge is 2.23. The molecule has 166 valence electrons. The summed E-state index contributed by atoms with van der Waals surface area (Å²) in [6.07, 6.45) is 1.08. The van der Waals surface area contributed by atoms with Crippen molar-refractivity contribution < 1.29 is 9.13 Å². The quantitative estimate of drug-likeness (QED) is 0.215. The van der Waals surface area contributed by atoms with Gasteiger partial charge in [0.15, 0.2) is 5.96 Å². The predicted octanol–water partition coefficient (Wildman–Crippen LogP) is 2.71. The second-order valence-corrected chi connectivity index (χ2v) is 6.98. The molecule has 0 saturated carbocycles. The average Bonchev–Trinajstić information content (AvgIpc) is 2.74. The van der Waals surface area contributed by atoms with Crippen LogP contribution < -0.4 is 10.6 Å². The Bertz CT molecular complexity index is 577. The lowest BCUT2D eigenvalue weighted by Crippen LogP contribution is -2.46. The van der Waals surface area contributed by atoms with Gasteiger partial charge in [0.2, 0.25) is 0 Å². The van der Waals surface area contributed by atoms with Crippen LogP contribution in [0, 0.1) is 5.82 Å². The molecule has 1 aliphatic heterocycles. The third-order valence-corrected chi connectivity index (χ3v) is 5.27. The molecule has 0 aromatic heterocycles.